The lowest BCUT2D eigenvalue weighted by Gasteiger charge is -2.04. The first-order chi connectivity index (χ1) is 7.80. The Hall–Kier alpha value is -1.62. The highest BCUT2D eigenvalue weighted by Gasteiger charge is 2.14. The summed E-state index contributed by atoms with van der Waals surface area (Å²) in [5.41, 5.74) is 5.96. The van der Waals surface area contributed by atoms with E-state index in [1.54, 1.807) is 0 Å². The molecule has 0 aliphatic heterocycles. The lowest BCUT2D eigenvalue weighted by Crippen LogP contribution is -2.08. The number of nitrogen functional groups attached to an aromatic ring is 1. The molecule has 3 N–H and O–H groups in total. The molecule has 86 valence electrons. The number of aromatic nitrogens is 2. The standard InChI is InChI=1S/C11H16N4O/c1-3-5-8-10-9(14-12)6-7(4-2)13-11(10)16-15-8/h6H,3-5,12H2,1-2H3,(H,13,14). The minimum absolute atomic E-state index is 0.566. The van der Waals surface area contributed by atoms with Crippen LogP contribution >= 0.6 is 0 Å². The molecule has 0 aliphatic rings. The van der Waals surface area contributed by atoms with Crippen LogP contribution in [0.2, 0.25) is 0 Å². The minimum atomic E-state index is 0.566. The Morgan fingerprint density at radius 2 is 2.25 bits per heavy atom. The van der Waals surface area contributed by atoms with Gasteiger partial charge in [0.15, 0.2) is 0 Å². The summed E-state index contributed by atoms with van der Waals surface area (Å²) < 4.78 is 5.23. The van der Waals surface area contributed by atoms with E-state index in [1.165, 1.54) is 0 Å². The molecule has 0 unspecified atom stereocenters. The zero-order valence-electron chi connectivity index (χ0n) is 9.58. The molecule has 5 heteroatoms. The van der Waals surface area contributed by atoms with Crippen LogP contribution in [0.1, 0.15) is 31.7 Å². The topological polar surface area (TPSA) is 77.0 Å². The van der Waals surface area contributed by atoms with Gasteiger partial charge >= 0.3 is 0 Å². The Balaban J connectivity index is 2.62. The second kappa shape index (κ2) is 4.49. The maximum absolute atomic E-state index is 5.52. The third-order valence-electron chi connectivity index (χ3n) is 2.57. The molecule has 16 heavy (non-hydrogen) atoms. The summed E-state index contributed by atoms with van der Waals surface area (Å²) in [6, 6.07) is 1.94. The number of nitrogens with one attached hydrogen (secondary N) is 1. The average molecular weight is 220 g/mol. The number of nitrogens with two attached hydrogens (primary N) is 1. The smallest absolute Gasteiger partial charge is 0.260 e. The largest absolute Gasteiger partial charge is 0.335 e. The lowest BCUT2D eigenvalue weighted by atomic mass is 10.1. The van der Waals surface area contributed by atoms with Crippen LogP contribution in [0.5, 0.6) is 0 Å². The summed E-state index contributed by atoms with van der Waals surface area (Å²) in [4.78, 5) is 4.38. The molecule has 0 radical (unpaired) electrons. The normalized spacial score (nSPS) is 10.9. The van der Waals surface area contributed by atoms with Crippen LogP contribution in [-0.4, -0.2) is 10.1 Å². The minimum Gasteiger partial charge on any atom is -0.335 e. The van der Waals surface area contributed by atoms with Gasteiger partial charge in [-0.1, -0.05) is 25.4 Å². The fraction of sp³-hybridized carbons (Fsp3) is 0.455. The number of nitrogens with zero attached hydrogens (tertiary/aromatic N) is 2. The number of aryl methyl sites for hydroxylation is 2. The van der Waals surface area contributed by atoms with Crippen LogP contribution < -0.4 is 11.3 Å². The molecule has 0 spiro atoms. The van der Waals surface area contributed by atoms with Crippen LogP contribution in [0.15, 0.2) is 10.6 Å². The number of fused-ring (bicyclic) bond motifs is 1. The summed E-state index contributed by atoms with van der Waals surface area (Å²) in [6.45, 7) is 4.14. The quantitative estimate of drug-likeness (QED) is 0.609. The van der Waals surface area contributed by atoms with E-state index < -0.39 is 0 Å². The van der Waals surface area contributed by atoms with Crippen LogP contribution in [0.25, 0.3) is 11.1 Å². The average Bonchev–Trinajstić information content (AvgIpc) is 2.72. The Bertz CT molecular complexity index is 492. The van der Waals surface area contributed by atoms with Crippen molar-refractivity contribution in [3.63, 3.8) is 0 Å². The molecular formula is C11H16N4O. The molecule has 0 saturated heterocycles. The highest BCUT2D eigenvalue weighted by atomic mass is 16.5. The molecule has 5 nitrogen and oxygen atoms in total. The maximum atomic E-state index is 5.52. The predicted octanol–water partition coefficient (Wildman–Crippen LogP) is 2.02. The fourth-order valence-corrected chi connectivity index (χ4v) is 1.76. The van der Waals surface area contributed by atoms with Gasteiger partial charge in [-0.2, -0.15) is 0 Å². The molecule has 0 saturated carbocycles. The molecule has 2 heterocycles. The predicted molar refractivity (Wildman–Crippen MR) is 63.0 cm³/mol. The van der Waals surface area contributed by atoms with Crippen molar-refractivity contribution in [3.8, 4) is 0 Å². The molecule has 2 aromatic heterocycles. The van der Waals surface area contributed by atoms with Gasteiger partial charge in [0.05, 0.1) is 16.8 Å². The van der Waals surface area contributed by atoms with Crippen molar-refractivity contribution < 1.29 is 4.52 Å². The number of hydrazine groups is 1. The number of hydrogen-bond acceptors (Lipinski definition) is 5. The highest BCUT2D eigenvalue weighted by molar-refractivity contribution is 5.90. The molecule has 0 aromatic carbocycles. The molecule has 0 bridgehead atoms. The van der Waals surface area contributed by atoms with Crippen molar-refractivity contribution in [2.45, 2.75) is 33.1 Å². The Kier molecular flexibility index (Phi) is 3.05. The highest BCUT2D eigenvalue weighted by Crippen LogP contribution is 2.27. The monoisotopic (exact) mass is 220 g/mol. The van der Waals surface area contributed by atoms with Crippen molar-refractivity contribution in [2.75, 3.05) is 5.43 Å². The summed E-state index contributed by atoms with van der Waals surface area (Å²) in [5.74, 6) is 5.52. The van der Waals surface area contributed by atoms with E-state index in [-0.39, 0.29) is 0 Å². The fourth-order valence-electron chi connectivity index (χ4n) is 1.76. The van der Waals surface area contributed by atoms with Gasteiger partial charge < -0.3 is 9.95 Å². The van der Waals surface area contributed by atoms with Crippen molar-refractivity contribution in [1.82, 2.24) is 10.1 Å². The first kappa shape index (κ1) is 10.9. The number of pyridine rings is 1. The number of anilines is 1. The van der Waals surface area contributed by atoms with Gasteiger partial charge in [0.25, 0.3) is 5.71 Å². The molecule has 2 aromatic rings. The molecular weight excluding hydrogens is 204 g/mol. The van der Waals surface area contributed by atoms with E-state index in [0.717, 1.165) is 41.7 Å². The zero-order chi connectivity index (χ0) is 11.5. The van der Waals surface area contributed by atoms with Crippen molar-refractivity contribution in [3.05, 3.63) is 17.5 Å². The first-order valence-corrected chi connectivity index (χ1v) is 5.54. The first-order valence-electron chi connectivity index (χ1n) is 5.54. The van der Waals surface area contributed by atoms with E-state index in [0.29, 0.717) is 5.71 Å². The van der Waals surface area contributed by atoms with Gasteiger partial charge in [-0.3, -0.25) is 5.84 Å². The maximum Gasteiger partial charge on any atom is 0.260 e. The van der Waals surface area contributed by atoms with E-state index in [4.69, 9.17) is 10.4 Å². The van der Waals surface area contributed by atoms with E-state index in [2.05, 4.69) is 22.5 Å². The summed E-state index contributed by atoms with van der Waals surface area (Å²) in [6.07, 6.45) is 2.73. The van der Waals surface area contributed by atoms with Gasteiger partial charge in [-0.05, 0) is 18.9 Å². The van der Waals surface area contributed by atoms with Gasteiger partial charge in [0.1, 0.15) is 0 Å². The number of rotatable bonds is 4. The van der Waals surface area contributed by atoms with Gasteiger partial charge in [0.2, 0.25) is 0 Å². The SMILES string of the molecule is CCCc1noc2nc(CC)cc(NN)c12. The molecule has 2 rings (SSSR count). The van der Waals surface area contributed by atoms with Crippen molar-refractivity contribution >= 4 is 16.8 Å². The second-order valence-corrected chi connectivity index (χ2v) is 3.72. The van der Waals surface area contributed by atoms with Gasteiger partial charge in [-0.15, -0.1) is 0 Å². The van der Waals surface area contributed by atoms with Gasteiger partial charge in [-0.25, -0.2) is 4.98 Å². The third-order valence-corrected chi connectivity index (χ3v) is 2.57. The van der Waals surface area contributed by atoms with Crippen LogP contribution in [0.4, 0.5) is 5.69 Å². The molecule has 0 amide bonds. The Labute approximate surface area is 94.0 Å². The summed E-state index contributed by atoms with van der Waals surface area (Å²) >= 11 is 0. The lowest BCUT2D eigenvalue weighted by molar-refractivity contribution is 0.437. The summed E-state index contributed by atoms with van der Waals surface area (Å²) in [7, 11) is 0. The Morgan fingerprint density at radius 3 is 2.88 bits per heavy atom. The van der Waals surface area contributed by atoms with Crippen LogP contribution in [-0.2, 0) is 12.8 Å². The molecule has 0 aliphatic carbocycles. The Morgan fingerprint density at radius 1 is 1.44 bits per heavy atom. The second-order valence-electron chi connectivity index (χ2n) is 3.72. The third kappa shape index (κ3) is 1.74. The summed E-state index contributed by atoms with van der Waals surface area (Å²) in [5, 5.41) is 4.94. The zero-order valence-corrected chi connectivity index (χ0v) is 9.58. The van der Waals surface area contributed by atoms with Crippen LogP contribution in [0.3, 0.4) is 0 Å². The van der Waals surface area contributed by atoms with E-state index >= 15 is 0 Å². The van der Waals surface area contributed by atoms with Crippen molar-refractivity contribution in [1.29, 1.82) is 0 Å². The van der Waals surface area contributed by atoms with Crippen LogP contribution in [0, 0.1) is 0 Å². The van der Waals surface area contributed by atoms with E-state index in [9.17, 15) is 0 Å². The van der Waals surface area contributed by atoms with Crippen molar-refractivity contribution in [2.24, 2.45) is 5.84 Å². The molecule has 0 atom stereocenters. The van der Waals surface area contributed by atoms with Gasteiger partial charge in [0, 0.05) is 5.69 Å². The van der Waals surface area contributed by atoms with E-state index in [1.807, 2.05) is 13.0 Å². The number of hydrogen-bond donors (Lipinski definition) is 2. The molecule has 0 fully saturated rings.